The molecule has 3 rings (SSSR count). The van der Waals surface area contributed by atoms with E-state index in [0.29, 0.717) is 12.0 Å². The number of nitrogens with two attached hydrogens (primary N) is 1. The summed E-state index contributed by atoms with van der Waals surface area (Å²) in [4.78, 5) is 0. The van der Waals surface area contributed by atoms with Gasteiger partial charge in [-0.2, -0.15) is 0 Å². The number of furan rings is 1. The van der Waals surface area contributed by atoms with Gasteiger partial charge in [0.15, 0.2) is 0 Å². The summed E-state index contributed by atoms with van der Waals surface area (Å²) >= 11 is 0. The highest BCUT2D eigenvalue weighted by Gasteiger charge is 2.43. The van der Waals surface area contributed by atoms with Crippen LogP contribution in [0, 0.1) is 17.8 Å². The second kappa shape index (κ2) is 3.65. The van der Waals surface area contributed by atoms with E-state index in [9.17, 15) is 0 Å². The number of hydrazine groups is 1. The van der Waals surface area contributed by atoms with Gasteiger partial charge in [0.2, 0.25) is 0 Å². The Balaban J connectivity index is 1.80. The predicted molar refractivity (Wildman–Crippen MR) is 57.7 cm³/mol. The molecule has 0 saturated heterocycles. The van der Waals surface area contributed by atoms with Crippen LogP contribution in [0.3, 0.4) is 0 Å². The Kier molecular flexibility index (Phi) is 2.29. The van der Waals surface area contributed by atoms with Gasteiger partial charge in [0.05, 0.1) is 18.6 Å². The molecule has 2 bridgehead atoms. The van der Waals surface area contributed by atoms with Crippen molar-refractivity contribution in [2.45, 2.75) is 31.7 Å². The zero-order chi connectivity index (χ0) is 10.3. The van der Waals surface area contributed by atoms with E-state index < -0.39 is 0 Å². The first-order valence-electron chi connectivity index (χ1n) is 5.86. The molecule has 1 aromatic rings. The molecule has 0 amide bonds. The van der Waals surface area contributed by atoms with Crippen LogP contribution in [0.4, 0.5) is 0 Å². The number of hydrogen-bond donors (Lipinski definition) is 2. The minimum Gasteiger partial charge on any atom is -0.472 e. The van der Waals surface area contributed by atoms with Gasteiger partial charge in [0, 0.05) is 5.56 Å². The first-order chi connectivity index (χ1) is 7.38. The van der Waals surface area contributed by atoms with Gasteiger partial charge < -0.3 is 4.42 Å². The van der Waals surface area contributed by atoms with Gasteiger partial charge >= 0.3 is 0 Å². The molecule has 0 aromatic carbocycles. The lowest BCUT2D eigenvalue weighted by Gasteiger charge is -2.29. The summed E-state index contributed by atoms with van der Waals surface area (Å²) in [6, 6.07) is 2.32. The highest BCUT2D eigenvalue weighted by molar-refractivity contribution is 5.14. The Bertz CT molecular complexity index is 322. The molecule has 0 aliphatic heterocycles. The molecule has 3 heteroatoms. The molecule has 2 aliphatic carbocycles. The van der Waals surface area contributed by atoms with Gasteiger partial charge in [-0.25, -0.2) is 0 Å². The van der Waals surface area contributed by atoms with Crippen LogP contribution in [0.2, 0.25) is 0 Å². The summed E-state index contributed by atoms with van der Waals surface area (Å²) in [5.74, 6) is 8.24. The average molecular weight is 206 g/mol. The van der Waals surface area contributed by atoms with Crippen LogP contribution in [-0.4, -0.2) is 0 Å². The molecule has 3 N–H and O–H groups in total. The van der Waals surface area contributed by atoms with Gasteiger partial charge in [-0.05, 0) is 43.1 Å². The second-order valence-electron chi connectivity index (χ2n) is 5.04. The lowest BCUT2D eigenvalue weighted by molar-refractivity contribution is 0.251. The zero-order valence-corrected chi connectivity index (χ0v) is 8.86. The highest BCUT2D eigenvalue weighted by Crippen LogP contribution is 2.52. The van der Waals surface area contributed by atoms with Gasteiger partial charge in [-0.1, -0.05) is 6.42 Å². The van der Waals surface area contributed by atoms with Crippen molar-refractivity contribution in [3.05, 3.63) is 24.2 Å². The first-order valence-corrected chi connectivity index (χ1v) is 5.86. The van der Waals surface area contributed by atoms with E-state index in [2.05, 4.69) is 5.43 Å². The summed E-state index contributed by atoms with van der Waals surface area (Å²) in [6.07, 6.45) is 9.13. The Labute approximate surface area is 90.0 Å². The molecule has 4 atom stereocenters. The number of rotatable bonds is 3. The summed E-state index contributed by atoms with van der Waals surface area (Å²) < 4.78 is 5.14. The van der Waals surface area contributed by atoms with Crippen molar-refractivity contribution in [1.82, 2.24) is 5.43 Å². The van der Waals surface area contributed by atoms with E-state index >= 15 is 0 Å². The van der Waals surface area contributed by atoms with E-state index in [0.717, 1.165) is 11.8 Å². The van der Waals surface area contributed by atoms with Crippen molar-refractivity contribution in [3.63, 3.8) is 0 Å². The fourth-order valence-corrected chi connectivity index (χ4v) is 3.62. The minimum absolute atomic E-state index is 0.291. The largest absolute Gasteiger partial charge is 0.472 e. The van der Waals surface area contributed by atoms with Crippen LogP contribution in [-0.2, 0) is 0 Å². The fourth-order valence-electron chi connectivity index (χ4n) is 3.62. The van der Waals surface area contributed by atoms with Crippen molar-refractivity contribution >= 4 is 0 Å². The Morgan fingerprint density at radius 2 is 2.33 bits per heavy atom. The van der Waals surface area contributed by atoms with Crippen LogP contribution in [0.5, 0.6) is 0 Å². The number of hydrogen-bond acceptors (Lipinski definition) is 3. The van der Waals surface area contributed by atoms with Crippen LogP contribution < -0.4 is 11.3 Å². The molecule has 15 heavy (non-hydrogen) atoms. The van der Waals surface area contributed by atoms with Crippen LogP contribution in [0.25, 0.3) is 0 Å². The van der Waals surface area contributed by atoms with Crippen molar-refractivity contribution < 1.29 is 4.42 Å². The van der Waals surface area contributed by atoms with E-state index in [-0.39, 0.29) is 0 Å². The van der Waals surface area contributed by atoms with Crippen LogP contribution >= 0.6 is 0 Å². The normalized spacial score (nSPS) is 35.9. The molecular weight excluding hydrogens is 188 g/mol. The average Bonchev–Trinajstić information content (AvgIpc) is 2.94. The third-order valence-corrected chi connectivity index (χ3v) is 4.30. The molecule has 2 fully saturated rings. The minimum atomic E-state index is 0.291. The Morgan fingerprint density at radius 1 is 1.40 bits per heavy atom. The molecule has 4 unspecified atom stereocenters. The lowest BCUT2D eigenvalue weighted by Crippen LogP contribution is -2.35. The Morgan fingerprint density at radius 3 is 2.87 bits per heavy atom. The van der Waals surface area contributed by atoms with Crippen molar-refractivity contribution in [3.8, 4) is 0 Å². The third kappa shape index (κ3) is 1.50. The highest BCUT2D eigenvalue weighted by atomic mass is 16.3. The first kappa shape index (κ1) is 9.43. The maximum atomic E-state index is 5.68. The van der Waals surface area contributed by atoms with Crippen molar-refractivity contribution in [2.75, 3.05) is 0 Å². The molecule has 2 aliphatic rings. The predicted octanol–water partition coefficient (Wildman–Crippen LogP) is 2.22. The molecule has 0 radical (unpaired) electrons. The van der Waals surface area contributed by atoms with Gasteiger partial charge in [-0.3, -0.25) is 11.3 Å². The number of nitrogens with one attached hydrogen (secondary N) is 1. The lowest BCUT2D eigenvalue weighted by atomic mass is 9.81. The quantitative estimate of drug-likeness (QED) is 0.589. The van der Waals surface area contributed by atoms with E-state index in [4.69, 9.17) is 10.3 Å². The smallest absolute Gasteiger partial charge is 0.0950 e. The van der Waals surface area contributed by atoms with E-state index in [1.54, 1.807) is 6.26 Å². The molecule has 3 nitrogen and oxygen atoms in total. The molecule has 2 saturated carbocycles. The van der Waals surface area contributed by atoms with Crippen LogP contribution in [0.1, 0.15) is 37.3 Å². The number of fused-ring (bicyclic) bond motifs is 2. The molecule has 1 heterocycles. The molecule has 0 spiro atoms. The molecular formula is C12H18N2O. The summed E-state index contributed by atoms with van der Waals surface area (Å²) in [6.45, 7) is 0. The SMILES string of the molecule is NNC(c1ccoc1)C1CC2CCC1C2. The van der Waals surface area contributed by atoms with Gasteiger partial charge in [0.1, 0.15) is 0 Å². The van der Waals surface area contributed by atoms with Gasteiger partial charge in [-0.15, -0.1) is 0 Å². The zero-order valence-electron chi connectivity index (χ0n) is 8.86. The van der Waals surface area contributed by atoms with E-state index in [1.807, 2.05) is 12.3 Å². The van der Waals surface area contributed by atoms with Crippen molar-refractivity contribution in [2.24, 2.45) is 23.6 Å². The monoisotopic (exact) mass is 206 g/mol. The van der Waals surface area contributed by atoms with Crippen molar-refractivity contribution in [1.29, 1.82) is 0 Å². The summed E-state index contributed by atoms with van der Waals surface area (Å²) in [5, 5.41) is 0. The Hall–Kier alpha value is -0.800. The fraction of sp³-hybridized carbons (Fsp3) is 0.667. The van der Waals surface area contributed by atoms with Gasteiger partial charge in [0.25, 0.3) is 0 Å². The summed E-state index contributed by atoms with van der Waals surface area (Å²) in [5.41, 5.74) is 4.18. The summed E-state index contributed by atoms with van der Waals surface area (Å²) in [7, 11) is 0. The molecule has 1 aromatic heterocycles. The standard InChI is InChI=1S/C12H18N2O/c13-14-12(10-3-4-15-7-10)11-6-8-1-2-9(11)5-8/h3-4,7-9,11-12,14H,1-2,5-6,13H2. The topological polar surface area (TPSA) is 51.2 Å². The second-order valence-corrected chi connectivity index (χ2v) is 5.04. The third-order valence-electron chi connectivity index (χ3n) is 4.30. The maximum Gasteiger partial charge on any atom is 0.0950 e. The van der Waals surface area contributed by atoms with Crippen LogP contribution in [0.15, 0.2) is 23.0 Å². The maximum absolute atomic E-state index is 5.68. The molecule has 82 valence electrons. The van der Waals surface area contributed by atoms with E-state index in [1.165, 1.54) is 31.2 Å².